The maximum absolute atomic E-state index is 13.6. The Hall–Kier alpha value is -4.13. The van der Waals surface area contributed by atoms with Gasteiger partial charge in [-0.15, -0.1) is 0 Å². The molecule has 0 bridgehead atoms. The standard InChI is InChI=1S/C22H22F6N8O5/c23-21(24,25)8-1-2-10(22(26,27)28)9(5-8)16(39)32-12-7-36-18(30)31-11(6-35-13(37)3-4-14(35)38)15-19(36,20(12,40)41)34-17(29)33-15/h1-2,5,11-12,15,40-41H,3-4,6-7H2,(H2,30,31)(H,32,39)(H3,29,33,34)/t11-,12?,15-,19-/m0/s1. The number of hydrogen-bond donors (Lipinski definition) is 8. The van der Waals surface area contributed by atoms with Crippen LogP contribution in [0.2, 0.25) is 0 Å². The third-order valence-corrected chi connectivity index (χ3v) is 7.63. The molecule has 4 atom stereocenters. The summed E-state index contributed by atoms with van der Waals surface area (Å²) in [5.74, 6) is -6.92. The van der Waals surface area contributed by atoms with Gasteiger partial charge in [0.2, 0.25) is 17.6 Å². The minimum atomic E-state index is -5.24. The Labute approximate surface area is 225 Å². The fraction of sp³-hybridized carbons (Fsp3) is 0.500. The van der Waals surface area contributed by atoms with Crippen molar-refractivity contribution in [1.82, 2.24) is 31.1 Å². The number of halogens is 6. The molecule has 13 nitrogen and oxygen atoms in total. The minimum Gasteiger partial charge on any atom is -0.361 e. The van der Waals surface area contributed by atoms with Crippen molar-refractivity contribution in [3.05, 3.63) is 34.9 Å². The topological polar surface area (TPSA) is 194 Å². The summed E-state index contributed by atoms with van der Waals surface area (Å²) in [5, 5.41) is 49.0. The molecule has 0 aliphatic carbocycles. The molecule has 0 radical (unpaired) electrons. The van der Waals surface area contributed by atoms with Gasteiger partial charge in [0, 0.05) is 19.4 Å². The maximum Gasteiger partial charge on any atom is 0.417 e. The van der Waals surface area contributed by atoms with E-state index in [0.717, 1.165) is 9.80 Å². The number of imide groups is 1. The van der Waals surface area contributed by atoms with Crippen LogP contribution in [-0.2, 0) is 21.9 Å². The molecule has 1 unspecified atom stereocenters. The summed E-state index contributed by atoms with van der Waals surface area (Å²) in [6.45, 7) is -1.01. The number of carbonyl (C=O) groups excluding carboxylic acids is 3. The van der Waals surface area contributed by atoms with Crippen molar-refractivity contribution in [2.45, 2.75) is 54.8 Å². The number of rotatable bonds is 4. The first-order chi connectivity index (χ1) is 18.9. The van der Waals surface area contributed by atoms with E-state index in [-0.39, 0.29) is 37.6 Å². The predicted molar refractivity (Wildman–Crippen MR) is 123 cm³/mol. The Balaban J connectivity index is 1.49. The second-order valence-corrected chi connectivity index (χ2v) is 10.0. The van der Waals surface area contributed by atoms with Crippen molar-refractivity contribution in [3.8, 4) is 0 Å². The molecule has 19 heteroatoms. The zero-order chi connectivity index (χ0) is 30.3. The number of alkyl halides is 6. The monoisotopic (exact) mass is 592 g/mol. The molecule has 1 aromatic carbocycles. The highest BCUT2D eigenvalue weighted by molar-refractivity contribution is 6.02. The van der Waals surface area contributed by atoms with Gasteiger partial charge in [0.05, 0.1) is 35.3 Å². The summed E-state index contributed by atoms with van der Waals surface area (Å²) in [6, 6.07) is -4.04. The van der Waals surface area contributed by atoms with E-state index in [2.05, 4.69) is 16.0 Å². The predicted octanol–water partition coefficient (Wildman–Crippen LogP) is -0.933. The van der Waals surface area contributed by atoms with Crippen LogP contribution in [0.1, 0.15) is 34.3 Å². The van der Waals surface area contributed by atoms with Crippen LogP contribution in [0.15, 0.2) is 18.2 Å². The van der Waals surface area contributed by atoms with Crippen molar-refractivity contribution < 1.29 is 50.9 Å². The van der Waals surface area contributed by atoms with E-state index in [1.165, 1.54) is 0 Å². The Bertz CT molecular complexity index is 1350. The number of aliphatic hydroxyl groups is 2. The highest BCUT2D eigenvalue weighted by Gasteiger charge is 2.74. The largest absolute Gasteiger partial charge is 0.417 e. The number of guanidine groups is 2. The number of nitrogens with zero attached hydrogens (tertiary/aromatic N) is 2. The Morgan fingerprint density at radius 3 is 2.27 bits per heavy atom. The second kappa shape index (κ2) is 8.93. The van der Waals surface area contributed by atoms with E-state index < -0.39 is 94.8 Å². The van der Waals surface area contributed by atoms with Crippen molar-refractivity contribution in [2.24, 2.45) is 0 Å². The van der Waals surface area contributed by atoms with E-state index in [4.69, 9.17) is 10.8 Å². The SMILES string of the molecule is N=C1N[C@H]2[C@H](CN3C(=O)CCC3=O)NC(=N)N3CC(NC(=O)c4cc(C(F)(F)F)ccc4C(F)(F)F)C(O)(O)[C@]23N1. The van der Waals surface area contributed by atoms with Gasteiger partial charge in [-0.1, -0.05) is 0 Å². The van der Waals surface area contributed by atoms with Gasteiger partial charge in [-0.25, -0.2) is 0 Å². The van der Waals surface area contributed by atoms with Gasteiger partial charge < -0.3 is 36.4 Å². The normalized spacial score (nSPS) is 29.1. The number of likely N-dealkylation sites (tertiary alicyclic amines) is 1. The van der Waals surface area contributed by atoms with Gasteiger partial charge in [0.15, 0.2) is 17.6 Å². The maximum atomic E-state index is 13.6. The van der Waals surface area contributed by atoms with Gasteiger partial charge >= 0.3 is 12.4 Å². The molecular formula is C22H22F6N8O5. The fourth-order valence-electron chi connectivity index (χ4n) is 5.75. The van der Waals surface area contributed by atoms with Crippen molar-refractivity contribution >= 4 is 29.6 Å². The van der Waals surface area contributed by atoms with Gasteiger partial charge in [-0.2, -0.15) is 26.3 Å². The zero-order valence-electron chi connectivity index (χ0n) is 20.6. The molecule has 8 N–H and O–H groups in total. The molecule has 4 heterocycles. The number of nitrogens with one attached hydrogen (secondary N) is 6. The smallest absolute Gasteiger partial charge is 0.361 e. The quantitative estimate of drug-likeness (QED) is 0.124. The fourth-order valence-corrected chi connectivity index (χ4v) is 5.75. The van der Waals surface area contributed by atoms with Gasteiger partial charge in [0.25, 0.3) is 5.91 Å². The van der Waals surface area contributed by atoms with Crippen molar-refractivity contribution in [2.75, 3.05) is 13.1 Å². The Morgan fingerprint density at radius 1 is 1.05 bits per heavy atom. The number of carbonyl (C=O) groups is 3. The summed E-state index contributed by atoms with van der Waals surface area (Å²) >= 11 is 0. The molecule has 5 rings (SSSR count). The first-order valence-corrected chi connectivity index (χ1v) is 12.0. The van der Waals surface area contributed by atoms with Gasteiger partial charge in [-0.3, -0.25) is 30.1 Å². The molecule has 4 aliphatic heterocycles. The average molecular weight is 592 g/mol. The van der Waals surface area contributed by atoms with Crippen LogP contribution >= 0.6 is 0 Å². The molecule has 1 spiro atoms. The van der Waals surface area contributed by atoms with E-state index in [1.54, 1.807) is 0 Å². The zero-order valence-corrected chi connectivity index (χ0v) is 20.6. The van der Waals surface area contributed by atoms with Crippen molar-refractivity contribution in [3.63, 3.8) is 0 Å². The summed E-state index contributed by atoms with van der Waals surface area (Å²) in [7, 11) is 0. The first kappa shape index (κ1) is 28.4. The molecule has 0 aromatic heterocycles. The molecular weight excluding hydrogens is 570 g/mol. The summed E-state index contributed by atoms with van der Waals surface area (Å²) in [5.41, 5.74) is -6.91. The molecule has 4 saturated heterocycles. The van der Waals surface area contributed by atoms with Crippen LogP contribution in [0.3, 0.4) is 0 Å². The van der Waals surface area contributed by atoms with E-state index in [9.17, 15) is 50.9 Å². The summed E-state index contributed by atoms with van der Waals surface area (Å²) in [4.78, 5) is 39.2. The minimum absolute atomic E-state index is 0.00722. The molecule has 222 valence electrons. The van der Waals surface area contributed by atoms with E-state index >= 15 is 0 Å². The Kier molecular flexibility index (Phi) is 6.19. The van der Waals surface area contributed by atoms with E-state index in [1.807, 2.05) is 5.32 Å². The number of benzene rings is 1. The molecule has 4 fully saturated rings. The van der Waals surface area contributed by atoms with E-state index in [0.29, 0.717) is 0 Å². The van der Waals surface area contributed by atoms with Crippen LogP contribution in [0.5, 0.6) is 0 Å². The average Bonchev–Trinajstić information content (AvgIpc) is 3.45. The lowest BCUT2D eigenvalue weighted by Crippen LogP contribution is -2.81. The third-order valence-electron chi connectivity index (χ3n) is 7.63. The van der Waals surface area contributed by atoms with Crippen molar-refractivity contribution in [1.29, 1.82) is 10.8 Å². The molecule has 1 aromatic rings. The first-order valence-electron chi connectivity index (χ1n) is 12.0. The summed E-state index contributed by atoms with van der Waals surface area (Å²) in [6.07, 6.45) is -10.4. The highest BCUT2D eigenvalue weighted by atomic mass is 19.4. The van der Waals surface area contributed by atoms with Crippen LogP contribution in [-0.4, -0.2) is 92.3 Å². The lowest BCUT2D eigenvalue weighted by molar-refractivity contribution is -0.232. The van der Waals surface area contributed by atoms with Crippen LogP contribution in [0.25, 0.3) is 0 Å². The summed E-state index contributed by atoms with van der Waals surface area (Å²) < 4.78 is 80.4. The highest BCUT2D eigenvalue weighted by Crippen LogP contribution is 2.44. The molecule has 3 amide bonds. The number of amides is 3. The lowest BCUT2D eigenvalue weighted by Gasteiger charge is -2.51. The molecule has 41 heavy (non-hydrogen) atoms. The van der Waals surface area contributed by atoms with Crippen LogP contribution in [0.4, 0.5) is 26.3 Å². The van der Waals surface area contributed by atoms with Crippen LogP contribution < -0.4 is 21.3 Å². The third kappa shape index (κ3) is 4.30. The molecule has 4 aliphatic rings. The molecule has 0 saturated carbocycles. The number of hydrogen-bond acceptors (Lipinski definition) is 7. The lowest BCUT2D eigenvalue weighted by atomic mass is 9.84. The van der Waals surface area contributed by atoms with Gasteiger partial charge in [0.1, 0.15) is 6.04 Å². The second-order valence-electron chi connectivity index (χ2n) is 10.0. The Morgan fingerprint density at radius 2 is 1.68 bits per heavy atom. The van der Waals surface area contributed by atoms with Crippen LogP contribution in [0, 0.1) is 10.8 Å². The van der Waals surface area contributed by atoms with Gasteiger partial charge in [-0.05, 0) is 18.2 Å².